The summed E-state index contributed by atoms with van der Waals surface area (Å²) < 4.78 is 12.7. The highest BCUT2D eigenvalue weighted by molar-refractivity contribution is 6.34. The number of hydrogen-bond donors (Lipinski definition) is 6. The SMILES string of the molecule is O=C(CCCCc1cc(Cl)c(COC2(c3cnccc3-c3ccccc3OC3CC3)CC2)cc1Cl)NC(C(=O)O)C(O)C(O)C(O)CO. The van der Waals surface area contributed by atoms with Crippen molar-refractivity contribution in [1.82, 2.24) is 10.3 Å². The molecule has 0 aliphatic heterocycles. The van der Waals surface area contributed by atoms with Gasteiger partial charge in [-0.15, -0.1) is 0 Å². The van der Waals surface area contributed by atoms with Crippen LogP contribution >= 0.6 is 23.2 Å². The van der Waals surface area contributed by atoms with Gasteiger partial charge >= 0.3 is 5.97 Å². The van der Waals surface area contributed by atoms with Gasteiger partial charge in [0.05, 0.1) is 24.9 Å². The van der Waals surface area contributed by atoms with Crippen molar-refractivity contribution in [2.45, 2.75) is 94.0 Å². The Hall–Kier alpha value is -3.29. The summed E-state index contributed by atoms with van der Waals surface area (Å²) in [6.45, 7) is -0.647. The lowest BCUT2D eigenvalue weighted by Gasteiger charge is -2.26. The number of carbonyl (C=O) groups is 2. The first-order valence-corrected chi connectivity index (χ1v) is 16.8. The highest BCUT2D eigenvalue weighted by atomic mass is 35.5. The van der Waals surface area contributed by atoms with Crippen LogP contribution in [0.2, 0.25) is 10.0 Å². The van der Waals surface area contributed by atoms with Crippen molar-refractivity contribution < 1.29 is 44.6 Å². The molecule has 2 aliphatic carbocycles. The summed E-state index contributed by atoms with van der Waals surface area (Å²) in [5.41, 5.74) is 4.06. The van der Waals surface area contributed by atoms with Crippen LogP contribution < -0.4 is 10.1 Å². The van der Waals surface area contributed by atoms with Gasteiger partial charge in [-0.2, -0.15) is 0 Å². The summed E-state index contributed by atoms with van der Waals surface area (Å²) in [6, 6.07) is 11.7. The Morgan fingerprint density at radius 3 is 2.38 bits per heavy atom. The molecule has 3 aromatic rings. The maximum atomic E-state index is 12.4. The van der Waals surface area contributed by atoms with Crippen LogP contribution in [-0.2, 0) is 33.0 Å². The number of para-hydroxylation sites is 1. The number of aliphatic hydroxyl groups excluding tert-OH is 4. The van der Waals surface area contributed by atoms with E-state index in [9.17, 15) is 30.0 Å². The first kappa shape index (κ1) is 36.0. The van der Waals surface area contributed by atoms with Crippen LogP contribution in [0.5, 0.6) is 5.75 Å². The summed E-state index contributed by atoms with van der Waals surface area (Å²) in [7, 11) is 0. The number of pyridine rings is 1. The third-order valence-electron chi connectivity index (χ3n) is 8.69. The van der Waals surface area contributed by atoms with E-state index in [2.05, 4.69) is 16.4 Å². The Balaban J connectivity index is 1.16. The van der Waals surface area contributed by atoms with Crippen LogP contribution in [0.15, 0.2) is 54.9 Å². The third-order valence-corrected chi connectivity index (χ3v) is 9.39. The van der Waals surface area contributed by atoms with E-state index in [1.54, 1.807) is 18.3 Å². The summed E-state index contributed by atoms with van der Waals surface area (Å²) >= 11 is 13.3. The number of carboxylic acids is 1. The van der Waals surface area contributed by atoms with E-state index in [4.69, 9.17) is 37.8 Å². The topological polar surface area (TPSA) is 179 Å². The zero-order chi connectivity index (χ0) is 34.4. The number of ether oxygens (including phenoxy) is 2. The molecule has 0 radical (unpaired) electrons. The van der Waals surface area contributed by atoms with Crippen LogP contribution in [-0.4, -0.2) is 79.5 Å². The monoisotopic (exact) mass is 702 g/mol. The van der Waals surface area contributed by atoms with E-state index in [1.165, 1.54) is 0 Å². The van der Waals surface area contributed by atoms with Crippen LogP contribution in [0.25, 0.3) is 11.1 Å². The van der Waals surface area contributed by atoms with Gasteiger partial charge in [0.1, 0.15) is 24.1 Å². The Morgan fingerprint density at radius 2 is 1.69 bits per heavy atom. The van der Waals surface area contributed by atoms with Gasteiger partial charge in [0.25, 0.3) is 0 Å². The average molecular weight is 704 g/mol. The number of carbonyl (C=O) groups excluding carboxylic acids is 1. The Morgan fingerprint density at radius 1 is 0.979 bits per heavy atom. The maximum Gasteiger partial charge on any atom is 0.329 e. The van der Waals surface area contributed by atoms with E-state index in [0.29, 0.717) is 29.3 Å². The van der Waals surface area contributed by atoms with Crippen LogP contribution in [0.1, 0.15) is 61.6 Å². The van der Waals surface area contributed by atoms with Gasteiger partial charge in [-0.3, -0.25) is 9.78 Å². The molecule has 2 aliphatic rings. The first-order chi connectivity index (χ1) is 23.0. The minimum Gasteiger partial charge on any atom is -0.490 e. The minimum atomic E-state index is -2.03. The summed E-state index contributed by atoms with van der Waals surface area (Å²) in [6.07, 6.45) is 3.32. The molecule has 11 nitrogen and oxygen atoms in total. The smallest absolute Gasteiger partial charge is 0.329 e. The number of aryl methyl sites for hydroxylation is 1. The van der Waals surface area contributed by atoms with Crippen molar-refractivity contribution in [2.75, 3.05) is 6.61 Å². The number of benzene rings is 2. The predicted molar refractivity (Wildman–Crippen MR) is 178 cm³/mol. The Kier molecular flexibility index (Phi) is 12.0. The number of aliphatic carboxylic acids is 1. The van der Waals surface area contributed by atoms with Gasteiger partial charge in [-0.1, -0.05) is 41.4 Å². The van der Waals surface area contributed by atoms with Crippen molar-refractivity contribution in [3.63, 3.8) is 0 Å². The molecular weight excluding hydrogens is 663 g/mol. The molecule has 1 heterocycles. The Bertz CT molecular complexity index is 1600. The quantitative estimate of drug-likeness (QED) is 0.105. The van der Waals surface area contributed by atoms with E-state index in [-0.39, 0.29) is 19.1 Å². The van der Waals surface area contributed by atoms with Crippen molar-refractivity contribution >= 4 is 35.1 Å². The van der Waals surface area contributed by atoms with Crippen LogP contribution in [0, 0.1) is 0 Å². The van der Waals surface area contributed by atoms with E-state index >= 15 is 0 Å². The molecule has 0 bridgehead atoms. The number of hydrogen-bond acceptors (Lipinski definition) is 9. The van der Waals surface area contributed by atoms with Crippen LogP contribution in [0.3, 0.4) is 0 Å². The van der Waals surface area contributed by atoms with E-state index in [1.807, 2.05) is 30.5 Å². The molecule has 5 rings (SSSR count). The minimum absolute atomic E-state index is 0.0536. The van der Waals surface area contributed by atoms with Crippen molar-refractivity contribution in [2.24, 2.45) is 0 Å². The lowest BCUT2D eigenvalue weighted by Crippen LogP contribution is -2.56. The molecule has 4 unspecified atom stereocenters. The summed E-state index contributed by atoms with van der Waals surface area (Å²) in [5, 5.41) is 50.9. The molecule has 0 spiro atoms. The molecular formula is C35H40Cl2N2O9. The second-order valence-electron chi connectivity index (χ2n) is 12.4. The molecule has 1 amide bonds. The van der Waals surface area contributed by atoms with Crippen molar-refractivity contribution in [3.05, 3.63) is 81.6 Å². The van der Waals surface area contributed by atoms with E-state index < -0.39 is 48.4 Å². The number of amides is 1. The fourth-order valence-corrected chi connectivity index (χ4v) is 6.10. The number of unbranched alkanes of at least 4 members (excludes halogenated alkanes) is 1. The third kappa shape index (κ3) is 8.83. The number of nitrogens with one attached hydrogen (secondary N) is 1. The zero-order valence-corrected chi connectivity index (χ0v) is 27.7. The summed E-state index contributed by atoms with van der Waals surface area (Å²) in [5.74, 6) is -1.40. The zero-order valence-electron chi connectivity index (χ0n) is 26.2. The predicted octanol–water partition coefficient (Wildman–Crippen LogP) is 4.16. The standard InChI is InChI=1S/C35H40Cl2N2O9/c36-26-16-21(27(37)15-20(26)5-1-4-8-30(42)39-31(34(45)46)33(44)32(43)28(41)18-40)19-47-35(12-13-35)25-17-38-14-11-23(25)24-6-2-3-7-29(24)48-22-9-10-22/h2-3,6-7,11,14-17,22,28,31-33,40-41,43-44H,1,4-5,8-10,12-13,18-19H2,(H,39,42)(H,45,46). The van der Waals surface area contributed by atoms with Crippen LogP contribution in [0.4, 0.5) is 0 Å². The highest BCUT2D eigenvalue weighted by Crippen LogP contribution is 2.53. The lowest BCUT2D eigenvalue weighted by molar-refractivity contribution is -0.151. The molecule has 6 N–H and O–H groups in total. The largest absolute Gasteiger partial charge is 0.490 e. The van der Waals surface area contributed by atoms with Crippen molar-refractivity contribution in [1.29, 1.82) is 0 Å². The van der Waals surface area contributed by atoms with Crippen molar-refractivity contribution in [3.8, 4) is 16.9 Å². The van der Waals surface area contributed by atoms with Gasteiger partial charge in [-0.05, 0) is 85.9 Å². The number of aliphatic hydroxyl groups is 4. The summed E-state index contributed by atoms with van der Waals surface area (Å²) in [4.78, 5) is 28.3. The molecule has 4 atom stereocenters. The highest BCUT2D eigenvalue weighted by Gasteiger charge is 2.48. The second-order valence-corrected chi connectivity index (χ2v) is 13.2. The molecule has 2 aromatic carbocycles. The maximum absolute atomic E-state index is 12.4. The molecule has 48 heavy (non-hydrogen) atoms. The van der Waals surface area contributed by atoms with Gasteiger partial charge in [0.2, 0.25) is 5.91 Å². The normalized spacial score (nSPS) is 17.6. The first-order valence-electron chi connectivity index (χ1n) is 16.0. The van der Waals surface area contributed by atoms with E-state index in [0.717, 1.165) is 59.3 Å². The van der Waals surface area contributed by atoms with Gasteiger partial charge in [0.15, 0.2) is 6.04 Å². The molecule has 2 saturated carbocycles. The number of halogens is 2. The van der Waals surface area contributed by atoms with Gasteiger partial charge in [-0.25, -0.2) is 4.79 Å². The molecule has 0 saturated heterocycles. The fraction of sp³-hybridized carbons (Fsp3) is 0.457. The number of carboxylic acid groups (broad SMARTS) is 1. The fourth-order valence-electron chi connectivity index (χ4n) is 5.57. The number of rotatable bonds is 18. The Labute approximate surface area is 288 Å². The molecule has 258 valence electrons. The molecule has 1 aromatic heterocycles. The average Bonchev–Trinajstić information content (AvgIpc) is 4.03. The molecule has 13 heteroatoms. The molecule has 2 fully saturated rings. The number of aromatic nitrogens is 1. The second kappa shape index (κ2) is 15.9. The number of nitrogens with zero attached hydrogens (tertiary/aromatic N) is 1. The van der Waals surface area contributed by atoms with Gasteiger partial charge < -0.3 is 40.3 Å². The van der Waals surface area contributed by atoms with Gasteiger partial charge in [0, 0.05) is 40.0 Å². The lowest BCUT2D eigenvalue weighted by atomic mass is 9.96.